The number of amides is 1. The highest BCUT2D eigenvalue weighted by atomic mass is 19.1. The zero-order chi connectivity index (χ0) is 14.8. The molecule has 108 valence electrons. The second kappa shape index (κ2) is 5.56. The van der Waals surface area contributed by atoms with Crippen LogP contribution in [0.15, 0.2) is 48.5 Å². The van der Waals surface area contributed by atoms with Gasteiger partial charge in [0.1, 0.15) is 12.0 Å². The number of carbonyl (C=O) groups excluding carboxylic acids is 1. The Morgan fingerprint density at radius 3 is 2.62 bits per heavy atom. The third-order valence-electron chi connectivity index (χ3n) is 3.69. The summed E-state index contributed by atoms with van der Waals surface area (Å²) in [7, 11) is 0. The molecule has 1 aliphatic rings. The number of hydrogen-bond donors (Lipinski definition) is 1. The zero-order valence-electron chi connectivity index (χ0n) is 11.8. The standard InChI is InChI=1S/C17H17FN2O/c1-2-11-20-16(12-7-3-5-9-14(12)18)19-15-10-6-4-8-13(15)17(20)21/h3-10,16,19H,2,11H2,1H3/t16-/m0/s1. The molecular weight excluding hydrogens is 267 g/mol. The molecule has 0 aromatic heterocycles. The van der Waals surface area contributed by atoms with Crippen molar-refractivity contribution in [3.63, 3.8) is 0 Å². The largest absolute Gasteiger partial charge is 0.361 e. The van der Waals surface area contributed by atoms with E-state index in [-0.39, 0.29) is 11.7 Å². The predicted octanol–water partition coefficient (Wildman–Crippen LogP) is 3.80. The Balaban J connectivity index is 2.07. The van der Waals surface area contributed by atoms with Crippen molar-refractivity contribution in [3.8, 4) is 0 Å². The number of nitrogens with one attached hydrogen (secondary N) is 1. The second-order valence-electron chi connectivity index (χ2n) is 5.11. The number of rotatable bonds is 3. The van der Waals surface area contributed by atoms with Gasteiger partial charge in [0.15, 0.2) is 0 Å². The summed E-state index contributed by atoms with van der Waals surface area (Å²) in [5.74, 6) is -0.359. The van der Waals surface area contributed by atoms with Crippen LogP contribution in [-0.2, 0) is 0 Å². The van der Waals surface area contributed by atoms with Crippen LogP contribution >= 0.6 is 0 Å². The highest BCUT2D eigenvalue weighted by Crippen LogP contribution is 2.33. The number of fused-ring (bicyclic) bond motifs is 1. The van der Waals surface area contributed by atoms with E-state index in [4.69, 9.17) is 0 Å². The van der Waals surface area contributed by atoms with Crippen LogP contribution in [-0.4, -0.2) is 17.4 Å². The van der Waals surface area contributed by atoms with Crippen LogP contribution in [0.5, 0.6) is 0 Å². The summed E-state index contributed by atoms with van der Waals surface area (Å²) in [4.78, 5) is 14.4. The van der Waals surface area contributed by atoms with E-state index in [9.17, 15) is 9.18 Å². The van der Waals surface area contributed by atoms with Gasteiger partial charge in [-0.15, -0.1) is 0 Å². The molecule has 0 unspecified atom stereocenters. The van der Waals surface area contributed by atoms with Gasteiger partial charge < -0.3 is 10.2 Å². The number of nitrogens with zero attached hydrogens (tertiary/aromatic N) is 1. The van der Waals surface area contributed by atoms with E-state index >= 15 is 0 Å². The van der Waals surface area contributed by atoms with Crippen molar-refractivity contribution >= 4 is 11.6 Å². The Labute approximate surface area is 123 Å². The minimum atomic E-state index is -0.464. The molecule has 1 atom stereocenters. The Kier molecular flexibility index (Phi) is 3.60. The fraction of sp³-hybridized carbons (Fsp3) is 0.235. The van der Waals surface area contributed by atoms with Gasteiger partial charge in [0.25, 0.3) is 5.91 Å². The minimum Gasteiger partial charge on any atom is -0.361 e. The summed E-state index contributed by atoms with van der Waals surface area (Å²) < 4.78 is 14.1. The molecule has 1 heterocycles. The average molecular weight is 284 g/mol. The van der Waals surface area contributed by atoms with Crippen LogP contribution in [0.1, 0.15) is 35.4 Å². The molecule has 0 fully saturated rings. The summed E-state index contributed by atoms with van der Waals surface area (Å²) in [6.07, 6.45) is 0.356. The fourth-order valence-electron chi connectivity index (χ4n) is 2.71. The molecule has 4 heteroatoms. The first-order valence-electron chi connectivity index (χ1n) is 7.13. The highest BCUT2D eigenvalue weighted by Gasteiger charge is 2.33. The van der Waals surface area contributed by atoms with Crippen LogP contribution in [0.2, 0.25) is 0 Å². The monoisotopic (exact) mass is 284 g/mol. The SMILES string of the molecule is CCCN1C(=O)c2ccccc2N[C@@H]1c1ccccc1F. The summed E-state index contributed by atoms with van der Waals surface area (Å²) in [6, 6.07) is 13.9. The molecular formula is C17H17FN2O. The Morgan fingerprint density at radius 2 is 1.86 bits per heavy atom. The van der Waals surface area contributed by atoms with E-state index in [0.29, 0.717) is 17.7 Å². The Morgan fingerprint density at radius 1 is 1.14 bits per heavy atom. The smallest absolute Gasteiger partial charge is 0.257 e. The van der Waals surface area contributed by atoms with Gasteiger partial charge in [0, 0.05) is 17.8 Å². The van der Waals surface area contributed by atoms with Crippen LogP contribution < -0.4 is 5.32 Å². The maximum Gasteiger partial charge on any atom is 0.257 e. The van der Waals surface area contributed by atoms with Crippen LogP contribution in [0.25, 0.3) is 0 Å². The van der Waals surface area contributed by atoms with Gasteiger partial charge in [-0.1, -0.05) is 37.3 Å². The maximum atomic E-state index is 14.1. The third-order valence-corrected chi connectivity index (χ3v) is 3.69. The first-order valence-corrected chi connectivity index (χ1v) is 7.13. The highest BCUT2D eigenvalue weighted by molar-refractivity contribution is 6.01. The van der Waals surface area contributed by atoms with Gasteiger partial charge in [-0.2, -0.15) is 0 Å². The van der Waals surface area contributed by atoms with Crippen LogP contribution in [0.3, 0.4) is 0 Å². The number of hydrogen-bond acceptors (Lipinski definition) is 2. The summed E-state index contributed by atoms with van der Waals surface area (Å²) in [6.45, 7) is 2.59. The van der Waals surface area contributed by atoms with Gasteiger partial charge in [-0.25, -0.2) is 4.39 Å². The number of benzene rings is 2. The van der Waals surface area contributed by atoms with Gasteiger partial charge >= 0.3 is 0 Å². The summed E-state index contributed by atoms with van der Waals surface area (Å²) in [5.41, 5.74) is 1.88. The first kappa shape index (κ1) is 13.6. The van der Waals surface area contributed by atoms with Crippen molar-refractivity contribution in [1.29, 1.82) is 0 Å². The van der Waals surface area contributed by atoms with Crippen molar-refractivity contribution in [1.82, 2.24) is 4.90 Å². The maximum absolute atomic E-state index is 14.1. The predicted molar refractivity (Wildman–Crippen MR) is 80.5 cm³/mol. The third kappa shape index (κ3) is 2.37. The quantitative estimate of drug-likeness (QED) is 0.929. The van der Waals surface area contributed by atoms with Crippen molar-refractivity contribution in [2.75, 3.05) is 11.9 Å². The fourth-order valence-corrected chi connectivity index (χ4v) is 2.71. The topological polar surface area (TPSA) is 32.3 Å². The zero-order valence-corrected chi connectivity index (χ0v) is 11.8. The number of anilines is 1. The molecule has 0 spiro atoms. The average Bonchev–Trinajstić information content (AvgIpc) is 2.51. The van der Waals surface area contributed by atoms with E-state index in [1.54, 1.807) is 29.2 Å². The number of halogens is 1. The van der Waals surface area contributed by atoms with E-state index in [1.807, 2.05) is 25.1 Å². The van der Waals surface area contributed by atoms with Crippen LogP contribution in [0, 0.1) is 5.82 Å². The van der Waals surface area contributed by atoms with Gasteiger partial charge in [0.2, 0.25) is 0 Å². The molecule has 0 radical (unpaired) electrons. The van der Waals surface area contributed by atoms with Crippen molar-refractivity contribution in [2.45, 2.75) is 19.5 Å². The molecule has 3 nitrogen and oxygen atoms in total. The van der Waals surface area contributed by atoms with Gasteiger partial charge in [-0.05, 0) is 24.6 Å². The summed E-state index contributed by atoms with van der Waals surface area (Å²) in [5, 5.41) is 3.28. The van der Waals surface area contributed by atoms with Gasteiger partial charge in [-0.3, -0.25) is 4.79 Å². The van der Waals surface area contributed by atoms with E-state index < -0.39 is 6.17 Å². The molecule has 0 aliphatic carbocycles. The second-order valence-corrected chi connectivity index (χ2v) is 5.11. The molecule has 1 amide bonds. The lowest BCUT2D eigenvalue weighted by atomic mass is 10.0. The van der Waals surface area contributed by atoms with Crippen molar-refractivity contribution < 1.29 is 9.18 Å². The molecule has 2 aromatic rings. The van der Waals surface area contributed by atoms with Gasteiger partial charge in [0.05, 0.1) is 5.56 Å². The lowest BCUT2D eigenvalue weighted by molar-refractivity contribution is 0.0680. The van der Waals surface area contributed by atoms with Crippen molar-refractivity contribution in [2.24, 2.45) is 0 Å². The normalized spacial score (nSPS) is 17.3. The lowest BCUT2D eigenvalue weighted by Gasteiger charge is -2.38. The Bertz CT molecular complexity index is 671. The summed E-state index contributed by atoms with van der Waals surface area (Å²) >= 11 is 0. The molecule has 0 saturated heterocycles. The number of para-hydroxylation sites is 1. The van der Waals surface area contributed by atoms with E-state index in [1.165, 1.54) is 6.07 Å². The number of carbonyl (C=O) groups is 1. The molecule has 3 rings (SSSR count). The molecule has 21 heavy (non-hydrogen) atoms. The minimum absolute atomic E-state index is 0.0561. The first-order chi connectivity index (χ1) is 10.2. The van der Waals surface area contributed by atoms with E-state index in [2.05, 4.69) is 5.32 Å². The van der Waals surface area contributed by atoms with Crippen molar-refractivity contribution in [3.05, 3.63) is 65.5 Å². The molecule has 1 aliphatic heterocycles. The molecule has 0 saturated carbocycles. The van der Waals surface area contributed by atoms with E-state index in [0.717, 1.165) is 12.1 Å². The molecule has 2 aromatic carbocycles. The Hall–Kier alpha value is -2.36. The lowest BCUT2D eigenvalue weighted by Crippen LogP contribution is -2.43. The van der Waals surface area contributed by atoms with Crippen LogP contribution in [0.4, 0.5) is 10.1 Å². The molecule has 0 bridgehead atoms. The molecule has 1 N–H and O–H groups in total.